The normalized spacial score (nSPS) is 18.6. The van der Waals surface area contributed by atoms with E-state index in [1.165, 1.54) is 7.11 Å². The molecule has 4 heteroatoms. The maximum absolute atomic E-state index is 8.85. The lowest BCUT2D eigenvalue weighted by atomic mass is 10.1. The van der Waals surface area contributed by atoms with Gasteiger partial charge in [0.05, 0.1) is 0 Å². The summed E-state index contributed by atoms with van der Waals surface area (Å²) in [5, 5.41) is 12.5. The van der Waals surface area contributed by atoms with Crippen molar-refractivity contribution in [3.05, 3.63) is 11.6 Å². The zero-order chi connectivity index (χ0) is 10.4. The molecule has 14 heavy (non-hydrogen) atoms. The van der Waals surface area contributed by atoms with E-state index in [1.807, 2.05) is 6.07 Å². The van der Waals surface area contributed by atoms with Gasteiger partial charge >= 0.3 is 0 Å². The maximum Gasteiger partial charge on any atom is 0.183 e. The van der Waals surface area contributed by atoms with Crippen molar-refractivity contribution < 1.29 is 4.84 Å². The largest absolute Gasteiger partial charge is 0.398 e. The van der Waals surface area contributed by atoms with Crippen LogP contribution in [-0.4, -0.2) is 37.4 Å². The van der Waals surface area contributed by atoms with Crippen molar-refractivity contribution in [3.8, 4) is 6.07 Å². The summed E-state index contributed by atoms with van der Waals surface area (Å²) >= 11 is 0. The monoisotopic (exact) mass is 193 g/mol. The molecule has 0 unspecified atom stereocenters. The van der Waals surface area contributed by atoms with E-state index in [9.17, 15) is 0 Å². The Morgan fingerprint density at radius 3 is 3.14 bits per heavy atom. The van der Waals surface area contributed by atoms with Crippen LogP contribution < -0.4 is 0 Å². The Morgan fingerprint density at radius 2 is 2.57 bits per heavy atom. The summed E-state index contributed by atoms with van der Waals surface area (Å²) in [7, 11) is 1.46. The number of hydrogen-bond donors (Lipinski definition) is 0. The number of oxime groups is 1. The van der Waals surface area contributed by atoms with Crippen molar-refractivity contribution in [3.63, 3.8) is 0 Å². The van der Waals surface area contributed by atoms with E-state index in [2.05, 4.69) is 27.9 Å². The third kappa shape index (κ3) is 2.57. The Hall–Kier alpha value is -1.34. The first-order valence-electron chi connectivity index (χ1n) is 4.74. The predicted molar refractivity (Wildman–Crippen MR) is 54.9 cm³/mol. The second kappa shape index (κ2) is 5.40. The summed E-state index contributed by atoms with van der Waals surface area (Å²) in [5.74, 6) is 0. The van der Waals surface area contributed by atoms with E-state index >= 15 is 0 Å². The average molecular weight is 193 g/mol. The third-order valence-electron chi connectivity index (χ3n) is 2.27. The van der Waals surface area contributed by atoms with E-state index < -0.39 is 0 Å². The molecule has 0 N–H and O–H groups in total. The highest BCUT2D eigenvalue weighted by atomic mass is 16.6. The molecule has 76 valence electrons. The van der Waals surface area contributed by atoms with E-state index in [4.69, 9.17) is 5.26 Å². The van der Waals surface area contributed by atoms with Crippen LogP contribution in [0.3, 0.4) is 0 Å². The second-order valence-corrected chi connectivity index (χ2v) is 3.12. The molecule has 0 saturated heterocycles. The highest BCUT2D eigenvalue weighted by Gasteiger charge is 2.15. The quantitative estimate of drug-likeness (QED) is 0.499. The van der Waals surface area contributed by atoms with Crippen molar-refractivity contribution in [1.29, 1.82) is 5.26 Å². The molecule has 1 rings (SSSR count). The molecule has 0 aromatic rings. The molecule has 0 amide bonds. The minimum atomic E-state index is 0.394. The Kier molecular flexibility index (Phi) is 4.14. The van der Waals surface area contributed by atoms with Gasteiger partial charge in [-0.1, -0.05) is 18.2 Å². The lowest BCUT2D eigenvalue weighted by Crippen LogP contribution is -2.31. The molecule has 1 aliphatic heterocycles. The van der Waals surface area contributed by atoms with Crippen LogP contribution in [0, 0.1) is 11.3 Å². The van der Waals surface area contributed by atoms with Gasteiger partial charge in [-0.25, -0.2) is 0 Å². The fourth-order valence-corrected chi connectivity index (χ4v) is 1.49. The average Bonchev–Trinajstić information content (AvgIpc) is 2.26. The van der Waals surface area contributed by atoms with E-state index in [-0.39, 0.29) is 0 Å². The van der Waals surface area contributed by atoms with Crippen LogP contribution in [0.15, 0.2) is 16.8 Å². The molecule has 0 atom stereocenters. The zero-order valence-corrected chi connectivity index (χ0v) is 8.66. The Morgan fingerprint density at radius 1 is 1.79 bits per heavy atom. The molecule has 1 aliphatic rings. The first-order chi connectivity index (χ1) is 6.81. The molecular formula is C10H15N3O. The van der Waals surface area contributed by atoms with Crippen LogP contribution in [0.1, 0.15) is 13.3 Å². The van der Waals surface area contributed by atoms with Gasteiger partial charge in [-0.15, -0.1) is 0 Å². The summed E-state index contributed by atoms with van der Waals surface area (Å²) in [5.41, 5.74) is 1.37. The van der Waals surface area contributed by atoms with Gasteiger partial charge in [-0.3, -0.25) is 4.90 Å². The Labute approximate surface area is 84.4 Å². The maximum atomic E-state index is 8.85. The van der Waals surface area contributed by atoms with Crippen molar-refractivity contribution in [2.24, 2.45) is 5.16 Å². The molecule has 0 spiro atoms. The molecular weight excluding hydrogens is 178 g/mol. The molecule has 0 fully saturated rings. The zero-order valence-electron chi connectivity index (χ0n) is 8.66. The Bertz CT molecular complexity index is 288. The van der Waals surface area contributed by atoms with Crippen molar-refractivity contribution in [1.82, 2.24) is 4.90 Å². The highest BCUT2D eigenvalue weighted by Crippen LogP contribution is 2.10. The lowest BCUT2D eigenvalue weighted by Gasteiger charge is -2.24. The Balaban J connectivity index is 2.73. The van der Waals surface area contributed by atoms with Crippen LogP contribution in [0.25, 0.3) is 0 Å². The van der Waals surface area contributed by atoms with Gasteiger partial charge in [0.2, 0.25) is 0 Å². The molecule has 1 heterocycles. The summed E-state index contributed by atoms with van der Waals surface area (Å²) in [6, 6.07) is 2.05. The SMILES string of the molecule is CCN1CCC=C(/C(C#N)=N\OC)C1. The molecule has 4 nitrogen and oxygen atoms in total. The van der Waals surface area contributed by atoms with Crippen molar-refractivity contribution >= 4 is 5.71 Å². The second-order valence-electron chi connectivity index (χ2n) is 3.12. The standard InChI is InChI=1S/C10H15N3O/c1-3-13-6-4-5-9(8-13)10(7-11)12-14-2/h5H,3-4,6,8H2,1-2H3/b12-10-. The molecule has 0 aromatic carbocycles. The van der Waals surface area contributed by atoms with Gasteiger partial charge < -0.3 is 4.84 Å². The van der Waals surface area contributed by atoms with E-state index in [1.54, 1.807) is 0 Å². The van der Waals surface area contributed by atoms with Crippen LogP contribution in [-0.2, 0) is 4.84 Å². The van der Waals surface area contributed by atoms with Crippen LogP contribution in [0.2, 0.25) is 0 Å². The van der Waals surface area contributed by atoms with E-state index in [0.717, 1.165) is 31.6 Å². The van der Waals surface area contributed by atoms with Crippen LogP contribution >= 0.6 is 0 Å². The first kappa shape index (κ1) is 10.7. The summed E-state index contributed by atoms with van der Waals surface area (Å²) < 4.78 is 0. The molecule has 0 radical (unpaired) electrons. The number of likely N-dealkylation sites (N-methyl/N-ethyl adjacent to an activating group) is 1. The van der Waals surface area contributed by atoms with Gasteiger partial charge in [-0.2, -0.15) is 5.26 Å². The van der Waals surface area contributed by atoms with Crippen molar-refractivity contribution in [2.45, 2.75) is 13.3 Å². The number of nitriles is 1. The molecule has 0 aromatic heterocycles. The highest BCUT2D eigenvalue weighted by molar-refractivity contribution is 6.11. The third-order valence-corrected chi connectivity index (χ3v) is 2.27. The summed E-state index contributed by atoms with van der Waals surface area (Å²) in [6.45, 7) is 4.98. The van der Waals surface area contributed by atoms with Gasteiger partial charge in [0.15, 0.2) is 5.71 Å². The van der Waals surface area contributed by atoms with Gasteiger partial charge in [0, 0.05) is 18.7 Å². The number of hydrogen-bond acceptors (Lipinski definition) is 4. The minimum Gasteiger partial charge on any atom is -0.398 e. The topological polar surface area (TPSA) is 48.6 Å². The summed E-state index contributed by atoms with van der Waals surface area (Å²) in [6.07, 6.45) is 3.04. The number of rotatable bonds is 3. The predicted octanol–water partition coefficient (Wildman–Crippen LogP) is 1.16. The smallest absolute Gasteiger partial charge is 0.183 e. The van der Waals surface area contributed by atoms with Gasteiger partial charge in [-0.05, 0) is 13.0 Å². The van der Waals surface area contributed by atoms with Crippen LogP contribution in [0.4, 0.5) is 0 Å². The molecule has 0 aliphatic carbocycles. The van der Waals surface area contributed by atoms with Gasteiger partial charge in [0.25, 0.3) is 0 Å². The first-order valence-corrected chi connectivity index (χ1v) is 4.74. The van der Waals surface area contributed by atoms with Gasteiger partial charge in [0.1, 0.15) is 13.2 Å². The minimum absolute atomic E-state index is 0.394. The molecule has 0 bridgehead atoms. The number of nitrogens with zero attached hydrogens (tertiary/aromatic N) is 3. The fraction of sp³-hybridized carbons (Fsp3) is 0.600. The fourth-order valence-electron chi connectivity index (χ4n) is 1.49. The van der Waals surface area contributed by atoms with Crippen LogP contribution in [0.5, 0.6) is 0 Å². The molecule has 0 saturated carbocycles. The lowest BCUT2D eigenvalue weighted by molar-refractivity contribution is 0.213. The summed E-state index contributed by atoms with van der Waals surface area (Å²) in [4.78, 5) is 6.90. The van der Waals surface area contributed by atoms with E-state index in [0.29, 0.717) is 5.71 Å². The van der Waals surface area contributed by atoms with Crippen molar-refractivity contribution in [2.75, 3.05) is 26.7 Å².